The van der Waals surface area contributed by atoms with Crippen LogP contribution in [-0.4, -0.2) is 23.4 Å². The van der Waals surface area contributed by atoms with Crippen LogP contribution in [0.25, 0.3) is 0 Å². The van der Waals surface area contributed by atoms with Crippen molar-refractivity contribution < 1.29 is 4.79 Å². The van der Waals surface area contributed by atoms with E-state index < -0.39 is 0 Å². The van der Waals surface area contributed by atoms with Crippen LogP contribution < -0.4 is 5.73 Å². The standard InChI is InChI=1S/C22H28N2O.ClH/c1-17(21(23)19-11-6-3-7-12-19)22(25)24-16-8-13-20(24)15-14-18-9-4-2-5-10-18;/h2-7,9-12,17,20-21H,8,13-16,23H2,1H3;1H. The number of hydrogen-bond donors (Lipinski definition) is 1. The molecule has 1 saturated heterocycles. The number of amides is 1. The van der Waals surface area contributed by atoms with Crippen molar-refractivity contribution in [2.45, 2.75) is 44.7 Å². The van der Waals surface area contributed by atoms with Gasteiger partial charge in [0.1, 0.15) is 0 Å². The van der Waals surface area contributed by atoms with Crippen LogP contribution in [0.3, 0.4) is 0 Å². The molecule has 0 spiro atoms. The van der Waals surface area contributed by atoms with Gasteiger partial charge in [0.2, 0.25) is 5.91 Å². The highest BCUT2D eigenvalue weighted by Gasteiger charge is 2.33. The van der Waals surface area contributed by atoms with Gasteiger partial charge in [-0.25, -0.2) is 0 Å². The molecule has 2 aromatic carbocycles. The lowest BCUT2D eigenvalue weighted by Gasteiger charge is -2.30. The van der Waals surface area contributed by atoms with Crippen LogP contribution in [-0.2, 0) is 11.2 Å². The molecule has 3 unspecified atom stereocenters. The predicted octanol–water partition coefficient (Wildman–Crippen LogP) is 4.37. The van der Waals surface area contributed by atoms with Gasteiger partial charge in [0.05, 0.1) is 5.92 Å². The van der Waals surface area contributed by atoms with Gasteiger partial charge >= 0.3 is 0 Å². The van der Waals surface area contributed by atoms with Gasteiger partial charge in [-0.1, -0.05) is 67.6 Å². The number of likely N-dealkylation sites (tertiary alicyclic amines) is 1. The Morgan fingerprint density at radius 3 is 2.38 bits per heavy atom. The molecule has 4 heteroatoms. The highest BCUT2D eigenvalue weighted by atomic mass is 35.5. The van der Waals surface area contributed by atoms with Crippen molar-refractivity contribution in [3.8, 4) is 0 Å². The van der Waals surface area contributed by atoms with Crippen molar-refractivity contribution in [1.82, 2.24) is 4.90 Å². The van der Waals surface area contributed by atoms with Gasteiger partial charge in [0.15, 0.2) is 0 Å². The Morgan fingerprint density at radius 2 is 1.73 bits per heavy atom. The Bertz CT molecular complexity index is 677. The van der Waals surface area contributed by atoms with Crippen molar-refractivity contribution in [2.24, 2.45) is 11.7 Å². The molecule has 26 heavy (non-hydrogen) atoms. The summed E-state index contributed by atoms with van der Waals surface area (Å²) in [5, 5.41) is 0. The summed E-state index contributed by atoms with van der Waals surface area (Å²) in [5.74, 6) is 0.00615. The molecule has 1 fully saturated rings. The second kappa shape index (κ2) is 9.75. The van der Waals surface area contributed by atoms with E-state index in [1.54, 1.807) is 0 Å². The number of carbonyl (C=O) groups is 1. The van der Waals surface area contributed by atoms with E-state index in [1.165, 1.54) is 5.56 Å². The van der Waals surface area contributed by atoms with E-state index in [9.17, 15) is 4.79 Å². The molecule has 3 atom stereocenters. The van der Waals surface area contributed by atoms with E-state index in [2.05, 4.69) is 29.2 Å². The van der Waals surface area contributed by atoms with Gasteiger partial charge in [-0.05, 0) is 36.8 Å². The fourth-order valence-corrected chi connectivity index (χ4v) is 3.78. The first-order valence-corrected chi connectivity index (χ1v) is 9.31. The maximum atomic E-state index is 13.0. The third-order valence-electron chi connectivity index (χ3n) is 5.38. The second-order valence-electron chi connectivity index (χ2n) is 7.08. The molecule has 0 radical (unpaired) electrons. The minimum Gasteiger partial charge on any atom is -0.339 e. The van der Waals surface area contributed by atoms with Crippen molar-refractivity contribution >= 4 is 18.3 Å². The lowest BCUT2D eigenvalue weighted by atomic mass is 9.93. The minimum atomic E-state index is -0.246. The topological polar surface area (TPSA) is 46.3 Å². The Labute approximate surface area is 163 Å². The molecule has 0 aromatic heterocycles. The van der Waals surface area contributed by atoms with Crippen molar-refractivity contribution in [3.05, 3.63) is 71.8 Å². The molecular weight excluding hydrogens is 344 g/mol. The zero-order valence-corrected chi connectivity index (χ0v) is 16.2. The van der Waals surface area contributed by atoms with Crippen LogP contribution >= 0.6 is 12.4 Å². The van der Waals surface area contributed by atoms with Gasteiger partial charge in [-0.15, -0.1) is 12.4 Å². The van der Waals surface area contributed by atoms with Gasteiger partial charge in [-0.3, -0.25) is 4.79 Å². The van der Waals surface area contributed by atoms with Crippen LogP contribution in [0.4, 0.5) is 0 Å². The average molecular weight is 373 g/mol. The first-order valence-electron chi connectivity index (χ1n) is 9.31. The molecule has 1 aliphatic rings. The first kappa shape index (κ1) is 20.5. The highest BCUT2D eigenvalue weighted by molar-refractivity contribution is 5.85. The maximum Gasteiger partial charge on any atom is 0.227 e. The number of carbonyl (C=O) groups excluding carboxylic acids is 1. The number of nitrogens with two attached hydrogens (primary N) is 1. The zero-order valence-electron chi connectivity index (χ0n) is 15.4. The Kier molecular flexibility index (Phi) is 7.67. The van der Waals surface area contributed by atoms with Crippen LogP contribution in [0.2, 0.25) is 0 Å². The van der Waals surface area contributed by atoms with Crippen LogP contribution in [0, 0.1) is 5.92 Å². The van der Waals surface area contributed by atoms with Crippen molar-refractivity contribution in [1.29, 1.82) is 0 Å². The minimum absolute atomic E-state index is 0. The Morgan fingerprint density at radius 1 is 1.12 bits per heavy atom. The lowest BCUT2D eigenvalue weighted by molar-refractivity contribution is -0.136. The molecule has 2 aromatic rings. The molecule has 2 N–H and O–H groups in total. The van der Waals surface area contributed by atoms with Crippen molar-refractivity contribution in [3.63, 3.8) is 0 Å². The summed E-state index contributed by atoms with van der Waals surface area (Å²) < 4.78 is 0. The summed E-state index contributed by atoms with van der Waals surface area (Å²) in [7, 11) is 0. The van der Waals surface area contributed by atoms with E-state index in [0.717, 1.165) is 37.8 Å². The van der Waals surface area contributed by atoms with Gasteiger partial charge < -0.3 is 10.6 Å². The molecule has 0 aliphatic carbocycles. The lowest BCUT2D eigenvalue weighted by Crippen LogP contribution is -2.42. The average Bonchev–Trinajstić information content (AvgIpc) is 3.14. The number of rotatable bonds is 6. The molecule has 1 amide bonds. The molecule has 1 aliphatic heterocycles. The van der Waals surface area contributed by atoms with Gasteiger partial charge in [0, 0.05) is 18.6 Å². The largest absolute Gasteiger partial charge is 0.339 e. The van der Waals surface area contributed by atoms with Crippen LogP contribution in [0.15, 0.2) is 60.7 Å². The van der Waals surface area contributed by atoms with Crippen LogP contribution in [0.5, 0.6) is 0 Å². The van der Waals surface area contributed by atoms with Gasteiger partial charge in [-0.2, -0.15) is 0 Å². The molecule has 3 rings (SSSR count). The SMILES string of the molecule is CC(C(=O)N1CCCC1CCc1ccccc1)C(N)c1ccccc1.Cl. The summed E-state index contributed by atoms with van der Waals surface area (Å²) in [5.41, 5.74) is 8.74. The summed E-state index contributed by atoms with van der Waals surface area (Å²) in [6.45, 7) is 2.83. The Hall–Kier alpha value is -1.84. The molecule has 0 bridgehead atoms. The third-order valence-corrected chi connectivity index (χ3v) is 5.38. The van der Waals surface area contributed by atoms with Gasteiger partial charge in [0.25, 0.3) is 0 Å². The summed E-state index contributed by atoms with van der Waals surface area (Å²) in [6, 6.07) is 20.6. The monoisotopic (exact) mass is 372 g/mol. The molecule has 3 nitrogen and oxygen atoms in total. The molecule has 0 saturated carbocycles. The number of aryl methyl sites for hydroxylation is 1. The second-order valence-corrected chi connectivity index (χ2v) is 7.08. The Balaban J connectivity index is 0.00000243. The van der Waals surface area contributed by atoms with Crippen molar-refractivity contribution in [2.75, 3.05) is 6.54 Å². The normalized spacial score (nSPS) is 18.8. The third kappa shape index (κ3) is 4.87. The van der Waals surface area contributed by atoms with E-state index in [0.29, 0.717) is 6.04 Å². The summed E-state index contributed by atoms with van der Waals surface area (Å²) >= 11 is 0. The summed E-state index contributed by atoms with van der Waals surface area (Å²) in [4.78, 5) is 15.1. The zero-order chi connectivity index (χ0) is 17.6. The van der Waals surface area contributed by atoms with E-state index in [1.807, 2.05) is 43.3 Å². The number of benzene rings is 2. The first-order chi connectivity index (χ1) is 12.2. The molecule has 140 valence electrons. The van der Waals surface area contributed by atoms with E-state index in [4.69, 9.17) is 5.73 Å². The fraction of sp³-hybridized carbons (Fsp3) is 0.409. The summed E-state index contributed by atoms with van der Waals surface area (Å²) in [6.07, 6.45) is 4.25. The number of halogens is 1. The van der Waals surface area contributed by atoms with Crippen LogP contribution in [0.1, 0.15) is 43.4 Å². The number of hydrogen-bond acceptors (Lipinski definition) is 2. The number of nitrogens with zero attached hydrogens (tertiary/aromatic N) is 1. The molecular formula is C22H29ClN2O. The predicted molar refractivity (Wildman–Crippen MR) is 109 cm³/mol. The smallest absolute Gasteiger partial charge is 0.227 e. The molecule has 1 heterocycles. The fourth-order valence-electron chi connectivity index (χ4n) is 3.78. The van der Waals surface area contributed by atoms with E-state index in [-0.39, 0.29) is 30.3 Å². The highest BCUT2D eigenvalue weighted by Crippen LogP contribution is 2.27. The quantitative estimate of drug-likeness (QED) is 0.818. The van der Waals surface area contributed by atoms with E-state index >= 15 is 0 Å². The maximum absolute atomic E-state index is 13.0.